The van der Waals surface area contributed by atoms with E-state index in [1.54, 1.807) is 0 Å². The minimum absolute atomic E-state index is 0.854. The number of hydrogen-bond donors (Lipinski definition) is 4. The molecule has 0 aromatic heterocycles. The van der Waals surface area contributed by atoms with Crippen LogP contribution < -0.4 is 22.9 Å². The summed E-state index contributed by atoms with van der Waals surface area (Å²) in [6.45, 7) is 3.43. The molecule has 4 nitrogen and oxygen atoms in total. The van der Waals surface area contributed by atoms with Gasteiger partial charge in [-0.1, -0.05) is 89.9 Å². The van der Waals surface area contributed by atoms with Crippen molar-refractivity contribution < 1.29 is 0 Å². The summed E-state index contributed by atoms with van der Waals surface area (Å²) < 4.78 is 0. The number of unbranched alkanes of at least 4 members (excludes halogenated alkanes) is 16. The Bertz CT molecular complexity index is 190. The monoisotopic (exact) mass is 372 g/mol. The first-order valence-corrected chi connectivity index (χ1v) is 11.6. The molecule has 0 aromatic rings. The lowest BCUT2D eigenvalue weighted by Crippen LogP contribution is -1.98. The average Bonchev–Trinajstić information content (AvgIpc) is 2.66. The smallest absolute Gasteiger partial charge is 0.00773 e. The van der Waals surface area contributed by atoms with Crippen molar-refractivity contribution in [3.05, 3.63) is 0 Å². The summed E-state index contributed by atoms with van der Waals surface area (Å²) in [4.78, 5) is 0. The van der Waals surface area contributed by atoms with Gasteiger partial charge in [-0.25, -0.2) is 0 Å². The topological polar surface area (TPSA) is 104 Å². The molecule has 0 rings (SSSR count). The van der Waals surface area contributed by atoms with E-state index in [4.69, 9.17) is 22.9 Å². The minimum atomic E-state index is 0.854. The fourth-order valence-corrected chi connectivity index (χ4v) is 3.05. The van der Waals surface area contributed by atoms with E-state index >= 15 is 0 Å². The first-order valence-electron chi connectivity index (χ1n) is 11.6. The Morgan fingerprint density at radius 2 is 0.308 bits per heavy atom. The van der Waals surface area contributed by atoms with Gasteiger partial charge >= 0.3 is 0 Å². The van der Waals surface area contributed by atoms with Crippen molar-refractivity contribution in [2.45, 2.75) is 116 Å². The van der Waals surface area contributed by atoms with E-state index in [0.717, 1.165) is 26.2 Å². The number of hydrogen-bond acceptors (Lipinski definition) is 4. The zero-order valence-corrected chi connectivity index (χ0v) is 17.9. The molecule has 0 aliphatic carbocycles. The Hall–Kier alpha value is -0.160. The number of rotatable bonds is 20. The highest BCUT2D eigenvalue weighted by atomic mass is 14.5. The molecular formula is C22H52N4. The van der Waals surface area contributed by atoms with Crippen molar-refractivity contribution >= 4 is 0 Å². The Balaban J connectivity index is 0. The molecule has 0 saturated carbocycles. The van der Waals surface area contributed by atoms with Gasteiger partial charge in [0.15, 0.2) is 0 Å². The first kappa shape index (κ1) is 28.1. The second-order valence-corrected chi connectivity index (χ2v) is 7.52. The molecule has 0 heterocycles. The Labute approximate surface area is 165 Å². The summed E-state index contributed by atoms with van der Waals surface area (Å²) >= 11 is 0. The van der Waals surface area contributed by atoms with Crippen LogP contribution in [0.3, 0.4) is 0 Å². The van der Waals surface area contributed by atoms with Gasteiger partial charge in [-0.3, -0.25) is 0 Å². The molecule has 0 radical (unpaired) electrons. The maximum Gasteiger partial charge on any atom is -0.00773 e. The zero-order chi connectivity index (χ0) is 19.6. The van der Waals surface area contributed by atoms with Crippen LogP contribution in [0.1, 0.15) is 116 Å². The van der Waals surface area contributed by atoms with Crippen molar-refractivity contribution in [1.29, 1.82) is 0 Å². The predicted octanol–water partition coefficient (Wildman–Crippen LogP) is 4.83. The lowest BCUT2D eigenvalue weighted by atomic mass is 10.1. The van der Waals surface area contributed by atoms with E-state index in [2.05, 4.69) is 0 Å². The van der Waals surface area contributed by atoms with Gasteiger partial charge in [0.25, 0.3) is 0 Å². The van der Waals surface area contributed by atoms with E-state index in [0.29, 0.717) is 0 Å². The molecule has 0 atom stereocenters. The van der Waals surface area contributed by atoms with Gasteiger partial charge in [0.2, 0.25) is 0 Å². The Morgan fingerprint density at radius 3 is 0.423 bits per heavy atom. The van der Waals surface area contributed by atoms with E-state index in [1.165, 1.54) is 116 Å². The second-order valence-electron chi connectivity index (χ2n) is 7.52. The zero-order valence-electron chi connectivity index (χ0n) is 17.9. The van der Waals surface area contributed by atoms with Crippen molar-refractivity contribution in [3.63, 3.8) is 0 Å². The van der Waals surface area contributed by atoms with Crippen LogP contribution in [0.4, 0.5) is 0 Å². The lowest BCUT2D eigenvalue weighted by molar-refractivity contribution is 0.554. The maximum atomic E-state index is 5.43. The van der Waals surface area contributed by atoms with Crippen molar-refractivity contribution in [2.75, 3.05) is 26.2 Å². The quantitative estimate of drug-likeness (QED) is 0.230. The highest BCUT2D eigenvalue weighted by Crippen LogP contribution is 2.10. The van der Waals surface area contributed by atoms with Crippen LogP contribution in [0.25, 0.3) is 0 Å². The molecule has 0 unspecified atom stereocenters. The van der Waals surface area contributed by atoms with Crippen LogP contribution >= 0.6 is 0 Å². The highest BCUT2D eigenvalue weighted by Gasteiger charge is 1.92. The van der Waals surface area contributed by atoms with Gasteiger partial charge in [0.1, 0.15) is 0 Å². The summed E-state index contributed by atoms with van der Waals surface area (Å²) in [5.74, 6) is 0. The molecule has 26 heavy (non-hydrogen) atoms. The van der Waals surface area contributed by atoms with Crippen LogP contribution in [0.5, 0.6) is 0 Å². The fraction of sp³-hybridized carbons (Fsp3) is 1.00. The first-order chi connectivity index (χ1) is 12.8. The predicted molar refractivity (Wildman–Crippen MR) is 119 cm³/mol. The van der Waals surface area contributed by atoms with Gasteiger partial charge in [-0.05, 0) is 51.9 Å². The standard InChI is InChI=1S/C12H28N2.C10H24N2/c13-11-9-7-5-3-1-2-4-6-8-10-12-14;11-9-7-5-3-1-2-4-6-8-10-12/h1-14H2;1-12H2. The minimum Gasteiger partial charge on any atom is -0.330 e. The fourth-order valence-electron chi connectivity index (χ4n) is 3.05. The molecule has 0 spiro atoms. The van der Waals surface area contributed by atoms with Gasteiger partial charge in [-0.15, -0.1) is 0 Å². The van der Waals surface area contributed by atoms with E-state index in [1.807, 2.05) is 0 Å². The molecule has 0 aliphatic heterocycles. The molecule has 8 N–H and O–H groups in total. The second kappa shape index (κ2) is 29.6. The van der Waals surface area contributed by atoms with E-state index < -0.39 is 0 Å². The molecule has 160 valence electrons. The Kier molecular flexibility index (Phi) is 31.9. The summed E-state index contributed by atoms with van der Waals surface area (Å²) in [6, 6.07) is 0. The van der Waals surface area contributed by atoms with Crippen LogP contribution in [0.2, 0.25) is 0 Å². The van der Waals surface area contributed by atoms with Crippen molar-refractivity contribution in [3.8, 4) is 0 Å². The molecule has 0 bridgehead atoms. The molecule has 0 saturated heterocycles. The van der Waals surface area contributed by atoms with Gasteiger partial charge < -0.3 is 22.9 Å². The van der Waals surface area contributed by atoms with Gasteiger partial charge in [0.05, 0.1) is 0 Å². The highest BCUT2D eigenvalue weighted by molar-refractivity contribution is 4.49. The van der Waals surface area contributed by atoms with Gasteiger partial charge in [-0.2, -0.15) is 0 Å². The van der Waals surface area contributed by atoms with Crippen molar-refractivity contribution in [1.82, 2.24) is 0 Å². The molecule has 0 aliphatic rings. The molecule has 0 amide bonds. The molecule has 4 heteroatoms. The largest absolute Gasteiger partial charge is 0.330 e. The normalized spacial score (nSPS) is 10.6. The third kappa shape index (κ3) is 31.6. The average molecular weight is 373 g/mol. The lowest BCUT2D eigenvalue weighted by Gasteiger charge is -2.01. The molecular weight excluding hydrogens is 320 g/mol. The van der Waals surface area contributed by atoms with Crippen LogP contribution in [-0.2, 0) is 0 Å². The van der Waals surface area contributed by atoms with Crippen LogP contribution in [0, 0.1) is 0 Å². The number of nitrogens with two attached hydrogens (primary N) is 4. The van der Waals surface area contributed by atoms with Crippen LogP contribution in [-0.4, -0.2) is 26.2 Å². The summed E-state index contributed by atoms with van der Waals surface area (Å²) in [5.41, 5.74) is 21.6. The SMILES string of the molecule is NCCCCCCCCCCCCN.NCCCCCCCCCCN. The third-order valence-electron chi connectivity index (χ3n) is 4.82. The maximum absolute atomic E-state index is 5.43. The molecule has 0 fully saturated rings. The molecule has 0 aromatic carbocycles. The van der Waals surface area contributed by atoms with E-state index in [-0.39, 0.29) is 0 Å². The summed E-state index contributed by atoms with van der Waals surface area (Å²) in [5, 5.41) is 0. The summed E-state index contributed by atoms with van der Waals surface area (Å²) in [6.07, 6.45) is 23.9. The third-order valence-corrected chi connectivity index (χ3v) is 4.82. The Morgan fingerprint density at radius 1 is 0.192 bits per heavy atom. The van der Waals surface area contributed by atoms with E-state index in [9.17, 15) is 0 Å². The van der Waals surface area contributed by atoms with Crippen molar-refractivity contribution in [2.24, 2.45) is 22.9 Å². The van der Waals surface area contributed by atoms with Gasteiger partial charge in [0, 0.05) is 0 Å². The van der Waals surface area contributed by atoms with Crippen LogP contribution in [0.15, 0.2) is 0 Å². The summed E-state index contributed by atoms with van der Waals surface area (Å²) in [7, 11) is 0.